The number of aromatic nitrogens is 1. The van der Waals surface area contributed by atoms with Crippen LogP contribution in [0.2, 0.25) is 0 Å². The molecule has 0 N–H and O–H groups in total. The summed E-state index contributed by atoms with van der Waals surface area (Å²) in [4.78, 5) is 15.2. The summed E-state index contributed by atoms with van der Waals surface area (Å²) in [6, 6.07) is 1.68. The number of rotatable bonds is 3. The van der Waals surface area contributed by atoms with Gasteiger partial charge in [-0.2, -0.15) is 0 Å². The number of methoxy groups -OCH3 is 1. The average Bonchev–Trinajstić information content (AvgIpc) is 2.16. The topological polar surface area (TPSA) is 39.2 Å². The van der Waals surface area contributed by atoms with E-state index in [1.54, 1.807) is 19.2 Å². The predicted octanol–water partition coefficient (Wildman–Crippen LogP) is 1.86. The molecule has 0 saturated carbocycles. The van der Waals surface area contributed by atoms with Crippen LogP contribution in [-0.4, -0.2) is 17.9 Å². The van der Waals surface area contributed by atoms with Crippen molar-refractivity contribution in [2.24, 2.45) is 0 Å². The zero-order valence-electron chi connectivity index (χ0n) is 8.13. The minimum Gasteiger partial charge on any atom is -0.481 e. The van der Waals surface area contributed by atoms with E-state index in [1.807, 2.05) is 6.92 Å². The number of ketones is 1. The zero-order chi connectivity index (χ0) is 9.84. The van der Waals surface area contributed by atoms with Gasteiger partial charge in [-0.3, -0.25) is 4.79 Å². The molecule has 0 aliphatic heterocycles. The third kappa shape index (κ3) is 2.05. The maximum absolute atomic E-state index is 11.2. The van der Waals surface area contributed by atoms with Gasteiger partial charge >= 0.3 is 0 Å². The van der Waals surface area contributed by atoms with Crippen LogP contribution in [0.5, 0.6) is 5.88 Å². The SMILES string of the molecule is CCc1cnc(OC)cc1C(C)=O. The van der Waals surface area contributed by atoms with E-state index in [4.69, 9.17) is 4.74 Å². The first-order chi connectivity index (χ1) is 6.19. The summed E-state index contributed by atoms with van der Waals surface area (Å²) in [6.45, 7) is 3.55. The van der Waals surface area contributed by atoms with Gasteiger partial charge in [-0.1, -0.05) is 6.92 Å². The fourth-order valence-corrected chi connectivity index (χ4v) is 1.19. The lowest BCUT2D eigenvalue weighted by molar-refractivity contribution is 0.101. The lowest BCUT2D eigenvalue weighted by Gasteiger charge is -2.05. The van der Waals surface area contributed by atoms with Crippen molar-refractivity contribution in [3.05, 3.63) is 23.4 Å². The highest BCUT2D eigenvalue weighted by atomic mass is 16.5. The largest absolute Gasteiger partial charge is 0.481 e. The van der Waals surface area contributed by atoms with Gasteiger partial charge in [0, 0.05) is 17.8 Å². The second-order valence-corrected chi connectivity index (χ2v) is 2.79. The van der Waals surface area contributed by atoms with E-state index in [2.05, 4.69) is 4.98 Å². The fourth-order valence-electron chi connectivity index (χ4n) is 1.19. The predicted molar refractivity (Wildman–Crippen MR) is 50.2 cm³/mol. The van der Waals surface area contributed by atoms with Crippen LogP contribution in [0, 0.1) is 0 Å². The van der Waals surface area contributed by atoms with E-state index in [1.165, 1.54) is 7.11 Å². The van der Waals surface area contributed by atoms with E-state index in [0.717, 1.165) is 12.0 Å². The molecule has 0 fully saturated rings. The minimum atomic E-state index is 0.0533. The van der Waals surface area contributed by atoms with Crippen LogP contribution in [-0.2, 0) is 6.42 Å². The zero-order valence-corrected chi connectivity index (χ0v) is 8.13. The monoisotopic (exact) mass is 179 g/mol. The Kier molecular flexibility index (Phi) is 3.01. The highest BCUT2D eigenvalue weighted by Crippen LogP contribution is 2.15. The van der Waals surface area contributed by atoms with Gasteiger partial charge in [0.05, 0.1) is 7.11 Å². The molecule has 0 amide bonds. The van der Waals surface area contributed by atoms with E-state index >= 15 is 0 Å². The van der Waals surface area contributed by atoms with Crippen LogP contribution in [0.4, 0.5) is 0 Å². The van der Waals surface area contributed by atoms with Crippen LogP contribution < -0.4 is 4.74 Å². The van der Waals surface area contributed by atoms with Crippen molar-refractivity contribution in [3.8, 4) is 5.88 Å². The van der Waals surface area contributed by atoms with Crippen LogP contribution in [0.15, 0.2) is 12.3 Å². The van der Waals surface area contributed by atoms with Crippen molar-refractivity contribution in [1.29, 1.82) is 0 Å². The first-order valence-corrected chi connectivity index (χ1v) is 4.22. The first-order valence-electron chi connectivity index (χ1n) is 4.22. The molecule has 0 unspecified atom stereocenters. The molecule has 3 nitrogen and oxygen atoms in total. The first kappa shape index (κ1) is 9.71. The lowest BCUT2D eigenvalue weighted by Crippen LogP contribution is -2.01. The molecule has 13 heavy (non-hydrogen) atoms. The summed E-state index contributed by atoms with van der Waals surface area (Å²) >= 11 is 0. The summed E-state index contributed by atoms with van der Waals surface area (Å²) in [5, 5.41) is 0. The number of hydrogen-bond donors (Lipinski definition) is 0. The van der Waals surface area contributed by atoms with Gasteiger partial charge in [0.1, 0.15) is 0 Å². The minimum absolute atomic E-state index is 0.0533. The molecule has 0 spiro atoms. The Morgan fingerprint density at radius 3 is 2.77 bits per heavy atom. The molecule has 3 heteroatoms. The number of hydrogen-bond acceptors (Lipinski definition) is 3. The van der Waals surface area contributed by atoms with Crippen molar-refractivity contribution in [3.63, 3.8) is 0 Å². The van der Waals surface area contributed by atoms with Gasteiger partial charge in [0.25, 0.3) is 0 Å². The van der Waals surface area contributed by atoms with Crippen LogP contribution in [0.1, 0.15) is 29.8 Å². The van der Waals surface area contributed by atoms with Gasteiger partial charge in [0.15, 0.2) is 5.78 Å². The molecular formula is C10H13NO2. The van der Waals surface area contributed by atoms with Crippen LogP contribution >= 0.6 is 0 Å². The highest BCUT2D eigenvalue weighted by molar-refractivity contribution is 5.95. The summed E-state index contributed by atoms with van der Waals surface area (Å²) in [5.74, 6) is 0.542. The normalized spacial score (nSPS) is 9.77. The second-order valence-electron chi connectivity index (χ2n) is 2.79. The lowest BCUT2D eigenvalue weighted by atomic mass is 10.1. The number of carbonyl (C=O) groups excluding carboxylic acids is 1. The average molecular weight is 179 g/mol. The number of carbonyl (C=O) groups is 1. The Morgan fingerprint density at radius 2 is 2.31 bits per heavy atom. The molecule has 0 atom stereocenters. The third-order valence-electron chi connectivity index (χ3n) is 1.93. The summed E-state index contributed by atoms with van der Waals surface area (Å²) in [6.07, 6.45) is 2.50. The van der Waals surface area contributed by atoms with E-state index in [0.29, 0.717) is 11.4 Å². The van der Waals surface area contributed by atoms with Crippen molar-refractivity contribution >= 4 is 5.78 Å². The Bertz CT molecular complexity index is 321. The van der Waals surface area contributed by atoms with Crippen molar-refractivity contribution in [2.75, 3.05) is 7.11 Å². The maximum atomic E-state index is 11.2. The Morgan fingerprint density at radius 1 is 1.62 bits per heavy atom. The molecule has 0 bridgehead atoms. The molecule has 1 rings (SSSR count). The summed E-state index contributed by atoms with van der Waals surface area (Å²) in [5.41, 5.74) is 1.67. The molecular weight excluding hydrogens is 166 g/mol. The molecule has 0 saturated heterocycles. The van der Waals surface area contributed by atoms with E-state index < -0.39 is 0 Å². The van der Waals surface area contributed by atoms with Crippen molar-refractivity contribution in [1.82, 2.24) is 4.98 Å². The van der Waals surface area contributed by atoms with E-state index in [-0.39, 0.29) is 5.78 Å². The molecule has 70 valence electrons. The maximum Gasteiger partial charge on any atom is 0.213 e. The Labute approximate surface area is 77.8 Å². The van der Waals surface area contributed by atoms with E-state index in [9.17, 15) is 4.79 Å². The molecule has 1 aromatic rings. The Balaban J connectivity index is 3.18. The number of ether oxygens (including phenoxy) is 1. The van der Waals surface area contributed by atoms with Crippen LogP contribution in [0.25, 0.3) is 0 Å². The van der Waals surface area contributed by atoms with Gasteiger partial charge in [0.2, 0.25) is 5.88 Å². The molecule has 1 aromatic heterocycles. The van der Waals surface area contributed by atoms with Gasteiger partial charge in [-0.05, 0) is 18.9 Å². The number of Topliss-reactive ketones (excluding diaryl/α,β-unsaturated/α-hetero) is 1. The van der Waals surface area contributed by atoms with Crippen molar-refractivity contribution < 1.29 is 9.53 Å². The molecule has 0 aliphatic rings. The quantitative estimate of drug-likeness (QED) is 0.665. The number of aryl methyl sites for hydroxylation is 1. The molecule has 0 aliphatic carbocycles. The number of nitrogens with zero attached hydrogens (tertiary/aromatic N) is 1. The van der Waals surface area contributed by atoms with Gasteiger partial charge < -0.3 is 4.74 Å². The highest BCUT2D eigenvalue weighted by Gasteiger charge is 2.07. The third-order valence-corrected chi connectivity index (χ3v) is 1.93. The van der Waals surface area contributed by atoms with Crippen LogP contribution in [0.3, 0.4) is 0 Å². The van der Waals surface area contributed by atoms with Gasteiger partial charge in [-0.15, -0.1) is 0 Å². The fraction of sp³-hybridized carbons (Fsp3) is 0.400. The second kappa shape index (κ2) is 4.03. The Hall–Kier alpha value is -1.38. The smallest absolute Gasteiger partial charge is 0.213 e. The molecule has 1 heterocycles. The number of pyridine rings is 1. The molecule has 0 radical (unpaired) electrons. The van der Waals surface area contributed by atoms with Crippen molar-refractivity contribution in [2.45, 2.75) is 20.3 Å². The standard InChI is InChI=1S/C10H13NO2/c1-4-8-6-11-10(13-3)5-9(8)7(2)12/h5-6H,4H2,1-3H3. The summed E-state index contributed by atoms with van der Waals surface area (Å²) in [7, 11) is 1.54. The van der Waals surface area contributed by atoms with Gasteiger partial charge in [-0.25, -0.2) is 4.98 Å². The molecule has 0 aromatic carbocycles. The summed E-state index contributed by atoms with van der Waals surface area (Å²) < 4.78 is 4.94.